The first-order valence-electron chi connectivity index (χ1n) is 8.03. The minimum atomic E-state index is -0.689. The summed E-state index contributed by atoms with van der Waals surface area (Å²) in [6.07, 6.45) is -0.0588. The molecule has 0 saturated carbocycles. The molecule has 2 heterocycles. The van der Waals surface area contributed by atoms with E-state index in [0.29, 0.717) is 16.3 Å². The van der Waals surface area contributed by atoms with Crippen LogP contribution in [0.2, 0.25) is 0 Å². The number of carbonyl (C=O) groups excluding carboxylic acids is 3. The monoisotopic (exact) mass is 373 g/mol. The van der Waals surface area contributed by atoms with Crippen molar-refractivity contribution in [1.29, 1.82) is 0 Å². The van der Waals surface area contributed by atoms with Gasteiger partial charge in [-0.05, 0) is 48.6 Å². The van der Waals surface area contributed by atoms with Crippen LogP contribution in [0.3, 0.4) is 0 Å². The molecule has 1 atom stereocenters. The van der Waals surface area contributed by atoms with Crippen molar-refractivity contribution in [3.8, 4) is 0 Å². The number of nitrogens with one attached hydrogen (secondary N) is 3. The lowest BCUT2D eigenvalue weighted by atomic mass is 10.0. The fourth-order valence-electron chi connectivity index (χ4n) is 2.70. The maximum absolute atomic E-state index is 12.3. The second kappa shape index (κ2) is 7.17. The van der Waals surface area contributed by atoms with E-state index >= 15 is 0 Å². The first-order valence-corrected chi connectivity index (χ1v) is 8.91. The smallest absolute Gasteiger partial charge is 0.340 e. The number of esters is 1. The molecule has 3 rings (SSSR count). The van der Waals surface area contributed by atoms with Crippen molar-refractivity contribution < 1.29 is 19.1 Å². The second-order valence-electron chi connectivity index (χ2n) is 6.08. The van der Waals surface area contributed by atoms with E-state index in [1.807, 2.05) is 26.0 Å². The molecule has 7 nitrogen and oxygen atoms in total. The summed E-state index contributed by atoms with van der Waals surface area (Å²) in [5.74, 6) is -1.15. The van der Waals surface area contributed by atoms with E-state index in [2.05, 4.69) is 20.7 Å². The van der Waals surface area contributed by atoms with Crippen LogP contribution in [0, 0.1) is 13.8 Å². The molecular weight excluding hydrogens is 354 g/mol. The first-order chi connectivity index (χ1) is 12.4. The zero-order chi connectivity index (χ0) is 18.8. The number of rotatable bonds is 4. The molecule has 1 aromatic carbocycles. The molecule has 26 heavy (non-hydrogen) atoms. The number of thiophene rings is 1. The third-order valence-corrected chi connectivity index (χ3v) is 5.08. The predicted molar refractivity (Wildman–Crippen MR) is 101 cm³/mol. The molecule has 2 amide bonds. The van der Waals surface area contributed by atoms with Crippen LogP contribution in [0.4, 0.5) is 16.4 Å². The zero-order valence-electron chi connectivity index (χ0n) is 14.6. The highest BCUT2D eigenvalue weighted by Gasteiger charge is 2.28. The van der Waals surface area contributed by atoms with Gasteiger partial charge in [0.1, 0.15) is 11.0 Å². The number of fused-ring (bicyclic) bond motifs is 1. The maximum atomic E-state index is 12.3. The summed E-state index contributed by atoms with van der Waals surface area (Å²) < 4.78 is 4.68. The SMILES string of the molecule is COC(=O)c1ccsc1NC(=O)CC1Nc2cc(C)c(C)cc2NC1=O. The second-order valence-corrected chi connectivity index (χ2v) is 6.99. The lowest BCUT2D eigenvalue weighted by Gasteiger charge is -2.27. The van der Waals surface area contributed by atoms with Crippen LogP contribution in [0.15, 0.2) is 23.6 Å². The van der Waals surface area contributed by atoms with E-state index in [9.17, 15) is 14.4 Å². The average Bonchev–Trinajstić information content (AvgIpc) is 3.04. The van der Waals surface area contributed by atoms with Crippen LogP contribution in [-0.4, -0.2) is 30.9 Å². The molecule has 0 bridgehead atoms. The van der Waals surface area contributed by atoms with E-state index in [1.54, 1.807) is 11.4 Å². The van der Waals surface area contributed by atoms with Gasteiger partial charge in [-0.2, -0.15) is 0 Å². The normalized spacial score (nSPS) is 15.5. The summed E-state index contributed by atoms with van der Waals surface area (Å²) in [5, 5.41) is 10.7. The minimum absolute atomic E-state index is 0.0588. The van der Waals surface area contributed by atoms with Gasteiger partial charge in [-0.25, -0.2) is 4.79 Å². The third-order valence-electron chi connectivity index (χ3n) is 4.25. The van der Waals surface area contributed by atoms with Gasteiger partial charge in [-0.1, -0.05) is 0 Å². The number of hydrogen-bond donors (Lipinski definition) is 3. The number of methoxy groups -OCH3 is 1. The molecular formula is C18H19N3O4S. The number of hydrogen-bond acceptors (Lipinski definition) is 6. The fraction of sp³-hybridized carbons (Fsp3) is 0.278. The Bertz CT molecular complexity index is 891. The highest BCUT2D eigenvalue weighted by atomic mass is 32.1. The van der Waals surface area contributed by atoms with Crippen molar-refractivity contribution >= 4 is 45.5 Å². The Morgan fingerprint density at radius 1 is 1.23 bits per heavy atom. The summed E-state index contributed by atoms with van der Waals surface area (Å²) in [4.78, 5) is 36.3. The predicted octanol–water partition coefficient (Wildman–Crippen LogP) is 2.91. The molecule has 8 heteroatoms. The van der Waals surface area contributed by atoms with Gasteiger partial charge in [-0.3, -0.25) is 9.59 Å². The highest BCUT2D eigenvalue weighted by molar-refractivity contribution is 7.14. The number of aryl methyl sites for hydroxylation is 2. The third kappa shape index (κ3) is 3.55. The Labute approximate surface area is 154 Å². The van der Waals surface area contributed by atoms with Gasteiger partial charge < -0.3 is 20.7 Å². The van der Waals surface area contributed by atoms with E-state index < -0.39 is 12.0 Å². The van der Waals surface area contributed by atoms with Gasteiger partial charge in [0.25, 0.3) is 0 Å². The lowest BCUT2D eigenvalue weighted by molar-refractivity contribution is -0.122. The molecule has 0 radical (unpaired) electrons. The minimum Gasteiger partial charge on any atom is -0.465 e. The molecule has 0 spiro atoms. The Morgan fingerprint density at radius 2 is 1.92 bits per heavy atom. The zero-order valence-corrected chi connectivity index (χ0v) is 15.5. The number of benzene rings is 1. The molecule has 2 aromatic rings. The van der Waals surface area contributed by atoms with E-state index in [0.717, 1.165) is 16.8 Å². The lowest BCUT2D eigenvalue weighted by Crippen LogP contribution is -2.41. The fourth-order valence-corrected chi connectivity index (χ4v) is 3.49. The molecule has 0 fully saturated rings. The van der Waals surface area contributed by atoms with Gasteiger partial charge in [0.15, 0.2) is 0 Å². The Morgan fingerprint density at radius 3 is 2.62 bits per heavy atom. The van der Waals surface area contributed by atoms with Crippen LogP contribution in [-0.2, 0) is 14.3 Å². The average molecular weight is 373 g/mol. The molecule has 1 aromatic heterocycles. The first kappa shape index (κ1) is 17.9. The van der Waals surface area contributed by atoms with Crippen molar-refractivity contribution in [3.05, 3.63) is 40.3 Å². The van der Waals surface area contributed by atoms with E-state index in [4.69, 9.17) is 0 Å². The van der Waals surface area contributed by atoms with Crippen molar-refractivity contribution in [2.24, 2.45) is 0 Å². The Hall–Kier alpha value is -2.87. The summed E-state index contributed by atoms with van der Waals surface area (Å²) >= 11 is 1.22. The molecule has 3 N–H and O–H groups in total. The van der Waals surface area contributed by atoms with Crippen LogP contribution < -0.4 is 16.0 Å². The van der Waals surface area contributed by atoms with Gasteiger partial charge in [0.2, 0.25) is 11.8 Å². The largest absolute Gasteiger partial charge is 0.465 e. The quantitative estimate of drug-likeness (QED) is 0.716. The van der Waals surface area contributed by atoms with Gasteiger partial charge >= 0.3 is 5.97 Å². The van der Waals surface area contributed by atoms with E-state index in [-0.39, 0.29) is 18.2 Å². The molecule has 1 unspecified atom stereocenters. The number of ether oxygens (including phenoxy) is 1. The topological polar surface area (TPSA) is 96.5 Å². The van der Waals surface area contributed by atoms with Crippen LogP contribution in [0.25, 0.3) is 0 Å². The summed E-state index contributed by atoms with van der Waals surface area (Å²) in [6, 6.07) is 4.74. The maximum Gasteiger partial charge on any atom is 0.340 e. The highest BCUT2D eigenvalue weighted by Crippen LogP contribution is 2.31. The standard InChI is InChI=1S/C18H19N3O4S/c1-9-6-12-13(7-10(9)2)20-16(23)14(19-12)8-15(22)21-17-11(4-5-26-17)18(24)25-3/h4-7,14,19H,8H2,1-3H3,(H,20,23)(H,21,22). The van der Waals surface area contributed by atoms with Gasteiger partial charge in [0, 0.05) is 0 Å². The Kier molecular flexibility index (Phi) is 4.94. The van der Waals surface area contributed by atoms with Crippen molar-refractivity contribution in [2.45, 2.75) is 26.3 Å². The molecule has 0 saturated heterocycles. The van der Waals surface area contributed by atoms with Crippen molar-refractivity contribution in [2.75, 3.05) is 23.1 Å². The summed E-state index contributed by atoms with van der Waals surface area (Å²) in [7, 11) is 1.28. The van der Waals surface area contributed by atoms with Gasteiger partial charge in [-0.15, -0.1) is 11.3 Å². The number of carbonyl (C=O) groups is 3. The molecule has 0 aliphatic carbocycles. The van der Waals surface area contributed by atoms with Gasteiger partial charge in [0.05, 0.1) is 30.5 Å². The molecule has 1 aliphatic heterocycles. The Balaban J connectivity index is 1.70. The number of amides is 2. The van der Waals surface area contributed by atoms with Crippen molar-refractivity contribution in [1.82, 2.24) is 0 Å². The van der Waals surface area contributed by atoms with Crippen LogP contribution in [0.1, 0.15) is 27.9 Å². The van der Waals surface area contributed by atoms with Crippen LogP contribution >= 0.6 is 11.3 Å². The van der Waals surface area contributed by atoms with Crippen molar-refractivity contribution in [3.63, 3.8) is 0 Å². The van der Waals surface area contributed by atoms with E-state index in [1.165, 1.54) is 18.4 Å². The number of anilines is 3. The summed E-state index contributed by atoms with van der Waals surface area (Å²) in [5.41, 5.74) is 3.97. The summed E-state index contributed by atoms with van der Waals surface area (Å²) in [6.45, 7) is 3.96. The molecule has 136 valence electrons. The molecule has 1 aliphatic rings. The van der Waals surface area contributed by atoms with Crippen LogP contribution in [0.5, 0.6) is 0 Å².